The molecule has 5 rings (SSSR count). The molecule has 2 aromatic rings. The molecule has 0 bridgehead atoms. The summed E-state index contributed by atoms with van der Waals surface area (Å²) >= 11 is 0. The average molecular weight is 375 g/mol. The number of imide groups is 1. The topological polar surface area (TPSA) is 99.9 Å². The highest BCUT2D eigenvalue weighted by Crippen LogP contribution is 2.39. The van der Waals surface area contributed by atoms with Crippen molar-refractivity contribution in [3.63, 3.8) is 0 Å². The number of carbonyl (C=O) groups excluding carboxylic acids is 3. The first-order chi connectivity index (χ1) is 13.6. The van der Waals surface area contributed by atoms with Crippen molar-refractivity contribution in [1.82, 2.24) is 4.90 Å². The van der Waals surface area contributed by atoms with E-state index in [9.17, 15) is 14.4 Å². The maximum absolute atomic E-state index is 12.6. The van der Waals surface area contributed by atoms with Crippen LogP contribution in [0.1, 0.15) is 26.3 Å². The molecule has 0 radical (unpaired) electrons. The Hall–Kier alpha value is -3.86. The van der Waals surface area contributed by atoms with Gasteiger partial charge in [0.15, 0.2) is 0 Å². The van der Waals surface area contributed by atoms with Gasteiger partial charge in [0.1, 0.15) is 24.5 Å². The van der Waals surface area contributed by atoms with E-state index in [1.165, 1.54) is 4.90 Å². The van der Waals surface area contributed by atoms with Gasteiger partial charge in [0.05, 0.1) is 35.0 Å². The Labute approximate surface area is 159 Å². The molecule has 0 unspecified atom stereocenters. The first-order valence-corrected chi connectivity index (χ1v) is 8.70. The highest BCUT2D eigenvalue weighted by Gasteiger charge is 2.49. The SMILES string of the molecule is N#Cc1ccc2c(c1)OC[C@H]1[C@H](CN3C(=O)c4ccccc4C3=O)OC(=O)N21. The van der Waals surface area contributed by atoms with E-state index in [1.54, 1.807) is 42.5 Å². The largest absolute Gasteiger partial charge is 0.489 e. The van der Waals surface area contributed by atoms with Crippen LogP contribution in [-0.2, 0) is 4.74 Å². The fourth-order valence-corrected chi connectivity index (χ4v) is 3.84. The van der Waals surface area contributed by atoms with Gasteiger partial charge in [-0.3, -0.25) is 19.4 Å². The monoisotopic (exact) mass is 375 g/mol. The molecule has 0 aromatic heterocycles. The van der Waals surface area contributed by atoms with E-state index >= 15 is 0 Å². The molecule has 0 aliphatic carbocycles. The minimum atomic E-state index is -0.710. The second-order valence-corrected chi connectivity index (χ2v) is 6.73. The molecule has 2 atom stereocenters. The van der Waals surface area contributed by atoms with E-state index in [-0.39, 0.29) is 13.2 Å². The van der Waals surface area contributed by atoms with Crippen LogP contribution in [0.25, 0.3) is 0 Å². The third-order valence-corrected chi connectivity index (χ3v) is 5.21. The van der Waals surface area contributed by atoms with Crippen LogP contribution in [0.15, 0.2) is 42.5 Å². The number of nitrogens with zero attached hydrogens (tertiary/aromatic N) is 3. The molecule has 3 heterocycles. The van der Waals surface area contributed by atoms with Gasteiger partial charge in [-0.2, -0.15) is 5.26 Å². The van der Waals surface area contributed by atoms with E-state index in [4.69, 9.17) is 14.7 Å². The molecular weight excluding hydrogens is 362 g/mol. The molecular formula is C20H13N3O5. The Kier molecular flexibility index (Phi) is 3.39. The number of ether oxygens (including phenoxy) is 2. The van der Waals surface area contributed by atoms with Crippen LogP contribution < -0.4 is 9.64 Å². The van der Waals surface area contributed by atoms with Gasteiger partial charge in [-0.15, -0.1) is 0 Å². The normalized spacial score (nSPS) is 22.2. The van der Waals surface area contributed by atoms with Crippen molar-refractivity contribution in [2.75, 3.05) is 18.1 Å². The van der Waals surface area contributed by atoms with Crippen LogP contribution >= 0.6 is 0 Å². The number of anilines is 1. The number of cyclic esters (lactones) is 1. The van der Waals surface area contributed by atoms with E-state index in [1.807, 2.05) is 6.07 Å². The Bertz CT molecular complexity index is 1050. The molecule has 0 N–H and O–H groups in total. The van der Waals surface area contributed by atoms with Gasteiger partial charge in [0.25, 0.3) is 11.8 Å². The third-order valence-electron chi connectivity index (χ3n) is 5.21. The molecule has 1 saturated heterocycles. The van der Waals surface area contributed by atoms with E-state index in [2.05, 4.69) is 0 Å². The number of nitriles is 1. The predicted molar refractivity (Wildman–Crippen MR) is 95.0 cm³/mol. The molecule has 3 aliphatic heterocycles. The van der Waals surface area contributed by atoms with Gasteiger partial charge < -0.3 is 9.47 Å². The molecule has 8 nitrogen and oxygen atoms in total. The van der Waals surface area contributed by atoms with E-state index in [0.717, 1.165) is 4.90 Å². The summed E-state index contributed by atoms with van der Waals surface area (Å²) in [5, 5.41) is 9.02. The van der Waals surface area contributed by atoms with Gasteiger partial charge in [0, 0.05) is 6.07 Å². The van der Waals surface area contributed by atoms with E-state index in [0.29, 0.717) is 28.1 Å². The molecule has 3 amide bonds. The standard InChI is InChI=1S/C20H13N3O5/c21-8-11-5-6-14-16(7-11)27-10-15-17(28-20(26)23(14)15)9-22-18(24)12-3-1-2-4-13(12)19(22)25/h1-7,15,17H,9-10H2/t15-,17-/m0/s1. The van der Waals surface area contributed by atoms with Crippen molar-refractivity contribution in [1.29, 1.82) is 5.26 Å². The summed E-state index contributed by atoms with van der Waals surface area (Å²) in [5.74, 6) is -0.370. The minimum absolute atomic E-state index is 0.0474. The first-order valence-electron chi connectivity index (χ1n) is 8.70. The minimum Gasteiger partial charge on any atom is -0.489 e. The number of hydrogen-bond donors (Lipinski definition) is 0. The maximum Gasteiger partial charge on any atom is 0.415 e. The van der Waals surface area contributed by atoms with Crippen molar-refractivity contribution < 1.29 is 23.9 Å². The summed E-state index contributed by atoms with van der Waals surface area (Å²) in [6.45, 7) is 0.0929. The van der Waals surface area contributed by atoms with Crippen molar-refractivity contribution in [2.45, 2.75) is 12.1 Å². The highest BCUT2D eigenvalue weighted by molar-refractivity contribution is 6.21. The van der Waals surface area contributed by atoms with Crippen molar-refractivity contribution in [3.05, 3.63) is 59.2 Å². The second-order valence-electron chi connectivity index (χ2n) is 6.73. The quantitative estimate of drug-likeness (QED) is 0.744. The Morgan fingerprint density at radius 3 is 2.46 bits per heavy atom. The summed E-state index contributed by atoms with van der Waals surface area (Å²) < 4.78 is 11.2. The number of benzene rings is 2. The smallest absolute Gasteiger partial charge is 0.415 e. The van der Waals surface area contributed by atoms with Crippen LogP contribution in [0.4, 0.5) is 10.5 Å². The van der Waals surface area contributed by atoms with Crippen LogP contribution in [0, 0.1) is 11.3 Å². The van der Waals surface area contributed by atoms with Crippen LogP contribution in [0.5, 0.6) is 5.75 Å². The van der Waals surface area contributed by atoms with Gasteiger partial charge in [-0.05, 0) is 24.3 Å². The Balaban J connectivity index is 1.42. The van der Waals surface area contributed by atoms with Crippen molar-refractivity contribution >= 4 is 23.6 Å². The third kappa shape index (κ3) is 2.19. The number of rotatable bonds is 2. The van der Waals surface area contributed by atoms with Crippen molar-refractivity contribution in [2.24, 2.45) is 0 Å². The predicted octanol–water partition coefficient (Wildman–Crippen LogP) is 1.94. The lowest BCUT2D eigenvalue weighted by Gasteiger charge is -2.31. The number of carbonyl (C=O) groups is 3. The first kappa shape index (κ1) is 16.3. The lowest BCUT2D eigenvalue weighted by Crippen LogP contribution is -2.48. The average Bonchev–Trinajstić information content (AvgIpc) is 3.17. The number of amides is 3. The number of fused-ring (bicyclic) bond motifs is 4. The molecule has 1 fully saturated rings. The molecule has 0 spiro atoms. The molecule has 8 heteroatoms. The van der Waals surface area contributed by atoms with Crippen LogP contribution in [0.3, 0.4) is 0 Å². The fourth-order valence-electron chi connectivity index (χ4n) is 3.84. The molecule has 3 aliphatic rings. The lowest BCUT2D eigenvalue weighted by molar-refractivity contribution is 0.0513. The summed E-state index contributed by atoms with van der Waals surface area (Å²) in [5.41, 5.74) is 1.63. The summed E-state index contributed by atoms with van der Waals surface area (Å²) in [6.07, 6.45) is -1.28. The zero-order chi connectivity index (χ0) is 19.4. The fraction of sp³-hybridized carbons (Fsp3) is 0.200. The van der Waals surface area contributed by atoms with Gasteiger partial charge in [-0.25, -0.2) is 4.79 Å². The summed E-state index contributed by atoms with van der Waals surface area (Å²) in [6, 6.07) is 13.0. The molecule has 28 heavy (non-hydrogen) atoms. The molecule has 0 saturated carbocycles. The van der Waals surface area contributed by atoms with Crippen molar-refractivity contribution in [3.8, 4) is 11.8 Å². The maximum atomic E-state index is 12.6. The molecule has 2 aromatic carbocycles. The number of hydrogen-bond acceptors (Lipinski definition) is 6. The Morgan fingerprint density at radius 2 is 1.79 bits per heavy atom. The summed E-state index contributed by atoms with van der Waals surface area (Å²) in [7, 11) is 0. The Morgan fingerprint density at radius 1 is 1.07 bits per heavy atom. The highest BCUT2D eigenvalue weighted by atomic mass is 16.6. The van der Waals surface area contributed by atoms with Crippen LogP contribution in [0.2, 0.25) is 0 Å². The summed E-state index contributed by atoms with van der Waals surface area (Å²) in [4.78, 5) is 40.2. The zero-order valence-electron chi connectivity index (χ0n) is 14.5. The van der Waals surface area contributed by atoms with E-state index < -0.39 is 30.1 Å². The van der Waals surface area contributed by atoms with Gasteiger partial charge in [0.2, 0.25) is 0 Å². The van der Waals surface area contributed by atoms with Gasteiger partial charge in [-0.1, -0.05) is 12.1 Å². The molecule has 138 valence electrons. The van der Waals surface area contributed by atoms with Gasteiger partial charge >= 0.3 is 6.09 Å². The zero-order valence-corrected chi connectivity index (χ0v) is 14.5. The van der Waals surface area contributed by atoms with Crippen LogP contribution in [-0.4, -0.2) is 48.1 Å². The second kappa shape index (κ2) is 5.82. The lowest BCUT2D eigenvalue weighted by atomic mass is 10.1.